The van der Waals surface area contributed by atoms with E-state index < -0.39 is 6.10 Å². The Balaban J connectivity index is 1.92. The lowest BCUT2D eigenvalue weighted by atomic mass is 10.1. The maximum absolute atomic E-state index is 12.5. The standard InChI is InChI=1S/C15H14N2O3S/c18-13-11(9-10-5-2-1-3-6-10)17(15(21)16-13)14(19)12-7-4-8-20-12/h1-3,5-6,9,12H,4,7-8H2,(H,16,18,21)/b11-9+/t12-/m0/s1. The van der Waals surface area contributed by atoms with Gasteiger partial charge < -0.3 is 4.74 Å². The summed E-state index contributed by atoms with van der Waals surface area (Å²) in [6.45, 7) is 0.566. The molecule has 2 amide bonds. The van der Waals surface area contributed by atoms with Crippen molar-refractivity contribution in [2.24, 2.45) is 0 Å². The molecule has 108 valence electrons. The van der Waals surface area contributed by atoms with E-state index in [9.17, 15) is 9.59 Å². The van der Waals surface area contributed by atoms with Crippen molar-refractivity contribution in [2.45, 2.75) is 18.9 Å². The predicted octanol–water partition coefficient (Wildman–Crippen LogP) is 1.45. The first-order valence-corrected chi connectivity index (χ1v) is 7.15. The summed E-state index contributed by atoms with van der Waals surface area (Å²) in [4.78, 5) is 25.8. The Hall–Kier alpha value is -2.05. The molecule has 3 rings (SSSR count). The number of carbonyl (C=O) groups is 2. The molecule has 21 heavy (non-hydrogen) atoms. The van der Waals surface area contributed by atoms with E-state index in [2.05, 4.69) is 5.32 Å². The highest BCUT2D eigenvalue weighted by Crippen LogP contribution is 2.22. The molecule has 5 nitrogen and oxygen atoms in total. The minimum atomic E-state index is -0.519. The molecular formula is C15H14N2O3S. The number of amides is 2. The first kappa shape index (κ1) is 13.9. The van der Waals surface area contributed by atoms with E-state index in [4.69, 9.17) is 17.0 Å². The fourth-order valence-corrected chi connectivity index (χ4v) is 2.68. The van der Waals surface area contributed by atoms with Crippen LogP contribution in [0.3, 0.4) is 0 Å². The highest BCUT2D eigenvalue weighted by molar-refractivity contribution is 7.80. The molecule has 6 heteroatoms. The molecule has 2 fully saturated rings. The van der Waals surface area contributed by atoms with Crippen LogP contribution in [0.15, 0.2) is 36.0 Å². The van der Waals surface area contributed by atoms with Gasteiger partial charge in [0.1, 0.15) is 11.8 Å². The van der Waals surface area contributed by atoms with Crippen LogP contribution in [0.1, 0.15) is 18.4 Å². The van der Waals surface area contributed by atoms with Crippen LogP contribution in [0.5, 0.6) is 0 Å². The van der Waals surface area contributed by atoms with Gasteiger partial charge in [0.25, 0.3) is 11.8 Å². The summed E-state index contributed by atoms with van der Waals surface area (Å²) in [5.74, 6) is -0.645. The first-order chi connectivity index (χ1) is 10.2. The molecule has 1 N–H and O–H groups in total. The van der Waals surface area contributed by atoms with Gasteiger partial charge in [0.2, 0.25) is 0 Å². The van der Waals surface area contributed by atoms with Crippen molar-refractivity contribution in [1.82, 2.24) is 10.2 Å². The van der Waals surface area contributed by atoms with Gasteiger partial charge in [-0.05, 0) is 36.7 Å². The molecule has 0 spiro atoms. The van der Waals surface area contributed by atoms with Gasteiger partial charge in [-0.1, -0.05) is 30.3 Å². The minimum absolute atomic E-state index is 0.114. The molecule has 2 aliphatic rings. The Morgan fingerprint density at radius 3 is 2.81 bits per heavy atom. The SMILES string of the molecule is O=C1NC(=S)N(C(=O)[C@@H]2CCCO2)/C1=C/c1ccccc1. The summed E-state index contributed by atoms with van der Waals surface area (Å²) < 4.78 is 5.39. The Morgan fingerprint density at radius 2 is 2.14 bits per heavy atom. The highest BCUT2D eigenvalue weighted by Gasteiger charge is 2.39. The molecule has 2 aliphatic heterocycles. The molecule has 0 aliphatic carbocycles. The summed E-state index contributed by atoms with van der Waals surface area (Å²) in [6.07, 6.45) is 2.64. The van der Waals surface area contributed by atoms with Gasteiger partial charge >= 0.3 is 0 Å². The molecule has 0 aromatic heterocycles. The molecule has 0 saturated carbocycles. The molecule has 2 heterocycles. The van der Waals surface area contributed by atoms with Gasteiger partial charge in [-0.3, -0.25) is 14.9 Å². The van der Waals surface area contributed by atoms with E-state index in [1.807, 2.05) is 30.3 Å². The van der Waals surface area contributed by atoms with E-state index in [1.54, 1.807) is 6.08 Å². The van der Waals surface area contributed by atoms with Crippen molar-refractivity contribution in [3.05, 3.63) is 41.6 Å². The van der Waals surface area contributed by atoms with Gasteiger partial charge in [0.15, 0.2) is 5.11 Å². The van der Waals surface area contributed by atoms with Gasteiger partial charge in [0.05, 0.1) is 0 Å². The predicted molar refractivity (Wildman–Crippen MR) is 81.0 cm³/mol. The van der Waals surface area contributed by atoms with Crippen molar-refractivity contribution in [2.75, 3.05) is 6.61 Å². The molecule has 1 aromatic carbocycles. The topological polar surface area (TPSA) is 58.6 Å². The van der Waals surface area contributed by atoms with Crippen molar-refractivity contribution in [3.8, 4) is 0 Å². The van der Waals surface area contributed by atoms with Gasteiger partial charge in [-0.2, -0.15) is 0 Å². The zero-order chi connectivity index (χ0) is 14.8. The second-order valence-corrected chi connectivity index (χ2v) is 5.26. The largest absolute Gasteiger partial charge is 0.368 e. The number of carbonyl (C=O) groups excluding carboxylic acids is 2. The highest BCUT2D eigenvalue weighted by atomic mass is 32.1. The molecule has 1 atom stereocenters. The third-order valence-corrected chi connectivity index (χ3v) is 3.71. The fraction of sp³-hybridized carbons (Fsp3) is 0.267. The normalized spacial score (nSPS) is 23.7. The number of thiocarbonyl (C=S) groups is 1. The Kier molecular flexibility index (Phi) is 3.81. The monoisotopic (exact) mass is 302 g/mol. The number of ether oxygens (including phenoxy) is 1. The summed E-state index contributed by atoms with van der Waals surface area (Å²) in [6, 6.07) is 9.33. The molecule has 1 aromatic rings. The number of rotatable bonds is 2. The average molecular weight is 302 g/mol. The number of nitrogens with one attached hydrogen (secondary N) is 1. The number of nitrogens with zero attached hydrogens (tertiary/aromatic N) is 1. The Morgan fingerprint density at radius 1 is 1.38 bits per heavy atom. The van der Waals surface area contributed by atoms with Crippen LogP contribution in [-0.4, -0.2) is 34.5 Å². The lowest BCUT2D eigenvalue weighted by Gasteiger charge is -2.19. The lowest BCUT2D eigenvalue weighted by molar-refractivity contribution is -0.135. The van der Waals surface area contributed by atoms with Crippen molar-refractivity contribution >= 4 is 35.2 Å². The van der Waals surface area contributed by atoms with Gasteiger partial charge in [-0.25, -0.2) is 4.90 Å². The second-order valence-electron chi connectivity index (χ2n) is 4.87. The lowest BCUT2D eigenvalue weighted by Crippen LogP contribution is -2.40. The van der Waals surface area contributed by atoms with Crippen LogP contribution < -0.4 is 5.32 Å². The van der Waals surface area contributed by atoms with E-state index in [-0.39, 0.29) is 22.6 Å². The van der Waals surface area contributed by atoms with Crippen molar-refractivity contribution in [1.29, 1.82) is 0 Å². The van der Waals surface area contributed by atoms with Crippen molar-refractivity contribution < 1.29 is 14.3 Å². The summed E-state index contributed by atoms with van der Waals surface area (Å²) in [5, 5.41) is 2.63. The second kappa shape index (κ2) is 5.75. The number of benzene rings is 1. The summed E-state index contributed by atoms with van der Waals surface area (Å²) in [7, 11) is 0. The average Bonchev–Trinajstić information content (AvgIpc) is 3.09. The zero-order valence-electron chi connectivity index (χ0n) is 11.2. The summed E-state index contributed by atoms with van der Waals surface area (Å²) in [5.41, 5.74) is 1.07. The van der Waals surface area contributed by atoms with Crippen LogP contribution >= 0.6 is 12.2 Å². The molecule has 2 saturated heterocycles. The molecular weight excluding hydrogens is 288 g/mol. The third kappa shape index (κ3) is 2.72. The smallest absolute Gasteiger partial charge is 0.274 e. The van der Waals surface area contributed by atoms with Crippen LogP contribution in [0.2, 0.25) is 0 Å². The Bertz CT molecular complexity index is 621. The number of hydrogen-bond donors (Lipinski definition) is 1. The quantitative estimate of drug-likeness (QED) is 0.663. The molecule has 0 unspecified atom stereocenters. The van der Waals surface area contributed by atoms with E-state index in [0.717, 1.165) is 12.0 Å². The maximum Gasteiger partial charge on any atom is 0.274 e. The molecule has 0 radical (unpaired) electrons. The van der Waals surface area contributed by atoms with E-state index in [1.165, 1.54) is 4.90 Å². The van der Waals surface area contributed by atoms with Crippen LogP contribution in [0.4, 0.5) is 0 Å². The van der Waals surface area contributed by atoms with Crippen molar-refractivity contribution in [3.63, 3.8) is 0 Å². The zero-order valence-corrected chi connectivity index (χ0v) is 12.1. The van der Waals surface area contributed by atoms with Crippen LogP contribution in [0, 0.1) is 0 Å². The molecule has 0 bridgehead atoms. The van der Waals surface area contributed by atoms with E-state index >= 15 is 0 Å². The Labute approximate surface area is 127 Å². The summed E-state index contributed by atoms with van der Waals surface area (Å²) >= 11 is 5.10. The number of hydrogen-bond acceptors (Lipinski definition) is 4. The maximum atomic E-state index is 12.5. The minimum Gasteiger partial charge on any atom is -0.368 e. The van der Waals surface area contributed by atoms with E-state index in [0.29, 0.717) is 13.0 Å². The first-order valence-electron chi connectivity index (χ1n) is 6.74. The van der Waals surface area contributed by atoms with Crippen LogP contribution in [-0.2, 0) is 14.3 Å². The van der Waals surface area contributed by atoms with Gasteiger partial charge in [-0.15, -0.1) is 0 Å². The van der Waals surface area contributed by atoms with Crippen LogP contribution in [0.25, 0.3) is 6.08 Å². The fourth-order valence-electron chi connectivity index (χ4n) is 2.40. The van der Waals surface area contributed by atoms with Gasteiger partial charge in [0, 0.05) is 6.61 Å². The third-order valence-electron chi connectivity index (χ3n) is 3.43.